The summed E-state index contributed by atoms with van der Waals surface area (Å²) in [5, 5.41) is 7.60. The second kappa shape index (κ2) is 14.5. The van der Waals surface area contributed by atoms with Crippen LogP contribution in [-0.4, -0.2) is 4.57 Å². The summed E-state index contributed by atoms with van der Waals surface area (Å²) in [5.74, 6) is 0. The van der Waals surface area contributed by atoms with Gasteiger partial charge in [-0.15, -0.1) is 11.3 Å². The van der Waals surface area contributed by atoms with Crippen LogP contribution in [-0.2, 0) is 0 Å². The van der Waals surface area contributed by atoms with Gasteiger partial charge >= 0.3 is 0 Å². The lowest BCUT2D eigenvalue weighted by atomic mass is 9.99. The van der Waals surface area contributed by atoms with E-state index in [0.29, 0.717) is 0 Å². The van der Waals surface area contributed by atoms with E-state index < -0.39 is 0 Å². The third-order valence-electron chi connectivity index (χ3n) is 12.2. The highest BCUT2D eigenvalue weighted by Crippen LogP contribution is 2.46. The van der Waals surface area contributed by atoms with E-state index in [1.807, 2.05) is 11.3 Å². The van der Waals surface area contributed by atoms with Gasteiger partial charge in [0.2, 0.25) is 0 Å². The summed E-state index contributed by atoms with van der Waals surface area (Å²) < 4.78 is 5.02. The Morgan fingerprint density at radius 3 is 1.62 bits per heavy atom. The third kappa shape index (κ3) is 6.01. The summed E-state index contributed by atoms with van der Waals surface area (Å²) in [6.07, 6.45) is 0. The first-order chi connectivity index (χ1) is 30.2. The molecule has 2 heterocycles. The summed E-state index contributed by atoms with van der Waals surface area (Å²) in [7, 11) is 0. The smallest absolute Gasteiger partial charge is 0.0640 e. The number of aromatic nitrogens is 1. The Kier molecular flexibility index (Phi) is 8.39. The molecule has 61 heavy (non-hydrogen) atoms. The van der Waals surface area contributed by atoms with Crippen molar-refractivity contribution >= 4 is 81.1 Å². The topological polar surface area (TPSA) is 8.17 Å². The first-order valence-electron chi connectivity index (χ1n) is 20.8. The Balaban J connectivity index is 0.978. The van der Waals surface area contributed by atoms with Gasteiger partial charge in [0.15, 0.2) is 0 Å². The van der Waals surface area contributed by atoms with Crippen molar-refractivity contribution in [3.05, 3.63) is 231 Å². The van der Waals surface area contributed by atoms with Gasteiger partial charge < -0.3 is 9.47 Å². The van der Waals surface area contributed by atoms with Crippen molar-refractivity contribution in [3.63, 3.8) is 0 Å². The molecule has 0 N–H and O–H groups in total. The van der Waals surface area contributed by atoms with E-state index in [2.05, 4.69) is 240 Å². The number of thiophene rings is 1. The Morgan fingerprint density at radius 1 is 0.344 bits per heavy atom. The molecule has 0 bridgehead atoms. The van der Waals surface area contributed by atoms with Crippen LogP contribution < -0.4 is 4.90 Å². The lowest BCUT2D eigenvalue weighted by molar-refractivity contribution is 1.19. The molecule has 10 aromatic carbocycles. The van der Waals surface area contributed by atoms with Crippen molar-refractivity contribution in [1.82, 2.24) is 4.57 Å². The van der Waals surface area contributed by atoms with Gasteiger partial charge in [0.05, 0.1) is 21.4 Å². The van der Waals surface area contributed by atoms with E-state index in [-0.39, 0.29) is 0 Å². The molecule has 2 aromatic heterocycles. The van der Waals surface area contributed by atoms with Crippen molar-refractivity contribution in [2.45, 2.75) is 0 Å². The molecule has 0 atom stereocenters. The second-order valence-electron chi connectivity index (χ2n) is 15.7. The zero-order valence-corrected chi connectivity index (χ0v) is 34.1. The maximum absolute atomic E-state index is 2.44. The van der Waals surface area contributed by atoms with Gasteiger partial charge in [0.25, 0.3) is 0 Å². The van der Waals surface area contributed by atoms with Crippen LogP contribution in [0.25, 0.3) is 91.8 Å². The van der Waals surface area contributed by atoms with Gasteiger partial charge in [-0.05, 0) is 99.4 Å². The van der Waals surface area contributed by atoms with Gasteiger partial charge in [-0.25, -0.2) is 0 Å². The predicted molar refractivity (Wildman–Crippen MR) is 262 cm³/mol. The molecule has 0 radical (unpaired) electrons. The normalized spacial score (nSPS) is 11.6. The average Bonchev–Trinajstić information content (AvgIpc) is 3.89. The van der Waals surface area contributed by atoms with Gasteiger partial charge in [0.1, 0.15) is 0 Å². The van der Waals surface area contributed by atoms with Gasteiger partial charge in [0, 0.05) is 48.7 Å². The Bertz CT molecular complexity index is 3560. The molecular weight excluding hydrogens is 757 g/mol. The SMILES string of the molecule is c1ccc(-c2cccc(-c3ccc(N(c4ccc(-c5ccc6c7ccc8ccccc8c7n(-c7ccccc7)c6c5)cc4)c4cccc5c4sc4ccccc45)cc3)c2)cc1. The molecule has 3 heteroatoms. The van der Waals surface area contributed by atoms with E-state index in [4.69, 9.17) is 0 Å². The van der Waals surface area contributed by atoms with Gasteiger partial charge in [-0.3, -0.25) is 0 Å². The van der Waals surface area contributed by atoms with Crippen molar-refractivity contribution in [3.8, 4) is 39.1 Å². The highest BCUT2D eigenvalue weighted by Gasteiger charge is 2.20. The van der Waals surface area contributed by atoms with E-state index in [9.17, 15) is 0 Å². The monoisotopic (exact) mass is 794 g/mol. The Morgan fingerprint density at radius 2 is 0.885 bits per heavy atom. The summed E-state index contributed by atoms with van der Waals surface area (Å²) in [6, 6.07) is 84.1. The summed E-state index contributed by atoms with van der Waals surface area (Å²) >= 11 is 1.86. The van der Waals surface area contributed by atoms with Crippen LogP contribution in [0.4, 0.5) is 17.1 Å². The zero-order chi connectivity index (χ0) is 40.3. The third-order valence-corrected chi connectivity index (χ3v) is 13.4. The number of fused-ring (bicyclic) bond motifs is 8. The summed E-state index contributed by atoms with van der Waals surface area (Å²) in [6.45, 7) is 0. The van der Waals surface area contributed by atoms with Gasteiger partial charge in [-0.1, -0.05) is 170 Å². The molecular formula is C58H38N2S. The fourth-order valence-electron chi connectivity index (χ4n) is 9.25. The second-order valence-corrected chi connectivity index (χ2v) is 16.8. The summed E-state index contributed by atoms with van der Waals surface area (Å²) in [5.41, 5.74) is 14.2. The zero-order valence-electron chi connectivity index (χ0n) is 33.2. The highest BCUT2D eigenvalue weighted by atomic mass is 32.1. The minimum Gasteiger partial charge on any atom is -0.309 e. The van der Waals surface area contributed by atoms with Crippen molar-refractivity contribution in [2.24, 2.45) is 0 Å². The molecule has 0 saturated heterocycles. The fraction of sp³-hybridized carbons (Fsp3) is 0. The number of para-hydroxylation sites is 1. The molecule has 0 unspecified atom stereocenters. The van der Waals surface area contributed by atoms with Crippen molar-refractivity contribution in [2.75, 3.05) is 4.90 Å². The van der Waals surface area contributed by atoms with E-state index in [1.165, 1.54) is 91.8 Å². The molecule has 0 aliphatic carbocycles. The number of nitrogens with zero attached hydrogens (tertiary/aromatic N) is 2. The van der Waals surface area contributed by atoms with Crippen LogP contribution in [0.5, 0.6) is 0 Å². The van der Waals surface area contributed by atoms with Crippen LogP contribution in [0.2, 0.25) is 0 Å². The van der Waals surface area contributed by atoms with Crippen molar-refractivity contribution < 1.29 is 0 Å². The van der Waals surface area contributed by atoms with Crippen LogP contribution in [0.15, 0.2) is 231 Å². The lowest BCUT2D eigenvalue weighted by Crippen LogP contribution is -2.10. The van der Waals surface area contributed by atoms with Crippen LogP contribution in [0, 0.1) is 0 Å². The minimum absolute atomic E-state index is 1.11. The highest BCUT2D eigenvalue weighted by molar-refractivity contribution is 7.26. The maximum atomic E-state index is 2.44. The molecule has 0 saturated carbocycles. The number of hydrogen-bond donors (Lipinski definition) is 0. The van der Waals surface area contributed by atoms with Crippen LogP contribution >= 0.6 is 11.3 Å². The predicted octanol–water partition coefficient (Wildman–Crippen LogP) is 16.8. The van der Waals surface area contributed by atoms with E-state index >= 15 is 0 Å². The maximum Gasteiger partial charge on any atom is 0.0640 e. The molecule has 286 valence electrons. The summed E-state index contributed by atoms with van der Waals surface area (Å²) in [4.78, 5) is 2.42. The largest absolute Gasteiger partial charge is 0.309 e. The molecule has 0 aliphatic heterocycles. The molecule has 0 fully saturated rings. The van der Waals surface area contributed by atoms with Crippen molar-refractivity contribution in [1.29, 1.82) is 0 Å². The molecule has 0 spiro atoms. The molecule has 12 aromatic rings. The van der Waals surface area contributed by atoms with E-state index in [1.54, 1.807) is 0 Å². The van der Waals surface area contributed by atoms with Gasteiger partial charge in [-0.2, -0.15) is 0 Å². The molecule has 2 nitrogen and oxygen atoms in total. The number of rotatable bonds is 7. The van der Waals surface area contributed by atoms with Crippen LogP contribution in [0.3, 0.4) is 0 Å². The quantitative estimate of drug-likeness (QED) is 0.156. The first-order valence-corrected chi connectivity index (χ1v) is 21.6. The number of benzene rings is 10. The molecule has 12 rings (SSSR count). The molecule has 0 amide bonds. The minimum atomic E-state index is 1.11. The molecule has 0 aliphatic rings. The number of anilines is 3. The lowest BCUT2D eigenvalue weighted by Gasteiger charge is -2.26. The Labute approximate surface area is 358 Å². The average molecular weight is 795 g/mol. The fourth-order valence-corrected chi connectivity index (χ4v) is 10.5. The van der Waals surface area contributed by atoms with E-state index in [0.717, 1.165) is 17.1 Å². The standard InChI is InChI=1S/C58H38N2S/c1-3-13-39(14-4-1)43-16-11-17-44(37-43)40-25-31-47(32-26-40)59(54-23-12-22-53-51-21-9-10-24-56(51)61-58(53)54)48-33-27-41(28-34-48)45-30-35-50-52-36-29-42-15-7-8-20-49(42)57(52)60(55(50)38-45)46-18-5-2-6-19-46/h1-38H. The first kappa shape index (κ1) is 35.2. The number of hydrogen-bond acceptors (Lipinski definition) is 2. The Hall–Kier alpha value is -7.72. The van der Waals surface area contributed by atoms with Crippen LogP contribution in [0.1, 0.15) is 0 Å².